The molecule has 0 spiro atoms. The summed E-state index contributed by atoms with van der Waals surface area (Å²) in [4.78, 5) is 12.5. The van der Waals surface area contributed by atoms with Gasteiger partial charge in [-0.2, -0.15) is 0 Å². The molecular weight excluding hydrogens is 308 g/mol. The molecule has 25 heavy (non-hydrogen) atoms. The zero-order valence-electron chi connectivity index (χ0n) is 14.6. The molecule has 0 amide bonds. The van der Waals surface area contributed by atoms with E-state index < -0.39 is 0 Å². The number of hydrogen-bond donors (Lipinski definition) is 2. The molecule has 1 aromatic rings. The molecule has 0 saturated carbocycles. The van der Waals surface area contributed by atoms with Crippen molar-refractivity contribution in [2.45, 2.75) is 57.0 Å². The van der Waals surface area contributed by atoms with Crippen LogP contribution >= 0.6 is 0 Å². The second-order valence-corrected chi connectivity index (χ2v) is 7.68. The zero-order valence-corrected chi connectivity index (χ0v) is 14.6. The van der Waals surface area contributed by atoms with Crippen LogP contribution in [0.3, 0.4) is 0 Å². The number of rotatable bonds is 2. The Kier molecular flexibility index (Phi) is 3.59. The second-order valence-electron chi connectivity index (χ2n) is 7.68. The van der Waals surface area contributed by atoms with Crippen LogP contribution in [0.25, 0.3) is 11.4 Å². The van der Waals surface area contributed by atoms with Crippen LogP contribution < -0.4 is 5.32 Å². The number of fused-ring (bicyclic) bond motifs is 2. The lowest BCUT2D eigenvalue weighted by Gasteiger charge is -2.35. The largest absolute Gasteiger partial charge is 0.342 e. The van der Waals surface area contributed by atoms with Crippen LogP contribution in [0.2, 0.25) is 0 Å². The van der Waals surface area contributed by atoms with Crippen molar-refractivity contribution in [1.29, 1.82) is 0 Å². The molecule has 3 heterocycles. The molecule has 5 rings (SSSR count). The average molecular weight is 332 g/mol. The minimum Gasteiger partial charge on any atom is -0.342 e. The van der Waals surface area contributed by atoms with Gasteiger partial charge in [-0.05, 0) is 61.8 Å². The number of H-pyrrole nitrogens is 1. The lowest BCUT2D eigenvalue weighted by molar-refractivity contribution is 0.299. The van der Waals surface area contributed by atoms with Gasteiger partial charge in [-0.3, -0.25) is 4.98 Å². The van der Waals surface area contributed by atoms with Gasteiger partial charge in [0, 0.05) is 24.2 Å². The van der Waals surface area contributed by atoms with Gasteiger partial charge in [0.25, 0.3) is 0 Å². The van der Waals surface area contributed by atoms with E-state index in [1.807, 2.05) is 18.5 Å². The van der Waals surface area contributed by atoms with Crippen LogP contribution in [-0.4, -0.2) is 21.0 Å². The minimum atomic E-state index is 0.406. The number of hydrogen-bond acceptors (Lipinski definition) is 3. The normalized spacial score (nSPS) is 26.0. The number of aryl methyl sites for hydroxylation is 2. The van der Waals surface area contributed by atoms with Gasteiger partial charge in [0.15, 0.2) is 0 Å². The summed E-state index contributed by atoms with van der Waals surface area (Å²) in [5, 5.41) is 3.80. The Bertz CT molecular complexity index is 868. The highest BCUT2D eigenvalue weighted by molar-refractivity contribution is 5.54. The predicted molar refractivity (Wildman–Crippen MR) is 98.8 cm³/mol. The van der Waals surface area contributed by atoms with Crippen LogP contribution in [0.1, 0.15) is 60.7 Å². The standard InChI is InChI=1S/C21H24N4/c1-13-9-17(21-23-12-20-18(25-21)7-8-22-20)11-19(24-13)16-6-5-14-3-2-4-15(14)10-16/h5-8,10,12-13,17,19,24H,2-4,9,11H2,1H3,(H,23,25). The lowest BCUT2D eigenvalue weighted by atomic mass is 9.84. The highest BCUT2D eigenvalue weighted by Crippen LogP contribution is 2.37. The van der Waals surface area contributed by atoms with Gasteiger partial charge in [-0.15, -0.1) is 0 Å². The first-order valence-electron chi connectivity index (χ1n) is 9.43. The first-order chi connectivity index (χ1) is 12.3. The molecule has 0 bridgehead atoms. The summed E-state index contributed by atoms with van der Waals surface area (Å²) in [5.74, 6) is 1.55. The van der Waals surface area contributed by atoms with Crippen LogP contribution in [0.4, 0.5) is 0 Å². The van der Waals surface area contributed by atoms with Crippen molar-refractivity contribution < 1.29 is 0 Å². The molecule has 3 unspecified atom stereocenters. The van der Waals surface area contributed by atoms with Gasteiger partial charge in [-0.1, -0.05) is 18.2 Å². The van der Waals surface area contributed by atoms with E-state index in [1.54, 1.807) is 11.1 Å². The topological polar surface area (TPSA) is 53.6 Å². The first kappa shape index (κ1) is 15.1. The maximum Gasteiger partial charge on any atom is 0.109 e. The molecule has 1 aromatic carbocycles. The third-order valence-electron chi connectivity index (χ3n) is 5.88. The molecule has 4 heteroatoms. The highest BCUT2D eigenvalue weighted by atomic mass is 15.0. The summed E-state index contributed by atoms with van der Waals surface area (Å²) < 4.78 is 0. The van der Waals surface area contributed by atoms with E-state index in [0.717, 1.165) is 30.1 Å². The molecule has 4 aliphatic rings. The average Bonchev–Trinajstić information content (AvgIpc) is 3.28. The molecule has 3 aliphatic heterocycles. The molecule has 2 N–H and O–H groups in total. The molecule has 0 aromatic heterocycles. The molecule has 1 saturated heterocycles. The van der Waals surface area contributed by atoms with Crippen molar-refractivity contribution in [3.63, 3.8) is 0 Å². The second kappa shape index (κ2) is 5.95. The quantitative estimate of drug-likeness (QED) is 0.746. The Morgan fingerprint density at radius 2 is 1.96 bits per heavy atom. The van der Waals surface area contributed by atoms with Crippen LogP contribution in [0.15, 0.2) is 36.7 Å². The maximum absolute atomic E-state index is 4.68. The summed E-state index contributed by atoms with van der Waals surface area (Å²) in [6.07, 6.45) is 9.74. The Labute approximate surface area is 148 Å². The van der Waals surface area contributed by atoms with Crippen molar-refractivity contribution in [3.05, 3.63) is 59.2 Å². The molecular formula is C21H24N4. The third kappa shape index (κ3) is 2.74. The summed E-state index contributed by atoms with van der Waals surface area (Å²) in [6, 6.07) is 10.0. The molecule has 128 valence electrons. The van der Waals surface area contributed by atoms with Gasteiger partial charge >= 0.3 is 0 Å². The smallest absolute Gasteiger partial charge is 0.109 e. The summed E-state index contributed by atoms with van der Waals surface area (Å²) in [7, 11) is 0. The van der Waals surface area contributed by atoms with Crippen molar-refractivity contribution in [2.24, 2.45) is 0 Å². The summed E-state index contributed by atoms with van der Waals surface area (Å²) >= 11 is 0. The number of nitrogens with one attached hydrogen (secondary N) is 2. The van der Waals surface area contributed by atoms with Gasteiger partial charge in [-0.25, -0.2) is 4.98 Å². The van der Waals surface area contributed by atoms with Gasteiger partial charge in [0.2, 0.25) is 0 Å². The number of aromatic amines is 1. The van der Waals surface area contributed by atoms with Crippen molar-refractivity contribution >= 4 is 0 Å². The Balaban J connectivity index is 1.44. The van der Waals surface area contributed by atoms with E-state index in [2.05, 4.69) is 45.4 Å². The minimum absolute atomic E-state index is 0.406. The summed E-state index contributed by atoms with van der Waals surface area (Å²) in [5.41, 5.74) is 6.58. The molecule has 1 fully saturated rings. The molecule has 1 aliphatic carbocycles. The van der Waals surface area contributed by atoms with E-state index in [0.29, 0.717) is 18.0 Å². The van der Waals surface area contributed by atoms with Crippen LogP contribution in [0.5, 0.6) is 0 Å². The van der Waals surface area contributed by atoms with E-state index in [4.69, 9.17) is 0 Å². The fourth-order valence-corrected chi connectivity index (χ4v) is 4.62. The number of aromatic nitrogens is 3. The molecule has 0 radical (unpaired) electrons. The van der Waals surface area contributed by atoms with Crippen molar-refractivity contribution in [1.82, 2.24) is 20.3 Å². The van der Waals surface area contributed by atoms with E-state index in [9.17, 15) is 0 Å². The highest BCUT2D eigenvalue weighted by Gasteiger charge is 2.30. The SMILES string of the molecule is CC1CC(c2ncc3nccc-3[nH]2)CC(c2ccc3c(c2)CCC3)N1. The Morgan fingerprint density at radius 3 is 2.92 bits per heavy atom. The van der Waals surface area contributed by atoms with E-state index in [1.165, 1.54) is 24.8 Å². The van der Waals surface area contributed by atoms with Crippen LogP contribution in [-0.2, 0) is 12.8 Å². The number of nitrogens with zero attached hydrogens (tertiary/aromatic N) is 2. The number of benzene rings is 1. The summed E-state index contributed by atoms with van der Waals surface area (Å²) in [6.45, 7) is 2.29. The Hall–Kier alpha value is -2.20. The predicted octanol–water partition coefficient (Wildman–Crippen LogP) is 4.00. The first-order valence-corrected chi connectivity index (χ1v) is 9.43. The molecule has 4 nitrogen and oxygen atoms in total. The van der Waals surface area contributed by atoms with E-state index in [-0.39, 0.29) is 0 Å². The van der Waals surface area contributed by atoms with Crippen LogP contribution in [0, 0.1) is 0 Å². The van der Waals surface area contributed by atoms with Crippen molar-refractivity contribution in [3.8, 4) is 11.4 Å². The monoisotopic (exact) mass is 332 g/mol. The van der Waals surface area contributed by atoms with E-state index >= 15 is 0 Å². The fraction of sp³-hybridized carbons (Fsp3) is 0.429. The number of piperidine rings is 1. The maximum atomic E-state index is 4.68. The van der Waals surface area contributed by atoms with Gasteiger partial charge in [0.05, 0.1) is 11.9 Å². The third-order valence-corrected chi connectivity index (χ3v) is 5.88. The van der Waals surface area contributed by atoms with Crippen molar-refractivity contribution in [2.75, 3.05) is 0 Å². The lowest BCUT2D eigenvalue weighted by Crippen LogP contribution is -2.38. The Morgan fingerprint density at radius 1 is 1.04 bits per heavy atom. The van der Waals surface area contributed by atoms with Gasteiger partial charge in [0.1, 0.15) is 11.5 Å². The van der Waals surface area contributed by atoms with Gasteiger partial charge < -0.3 is 10.3 Å². The zero-order chi connectivity index (χ0) is 16.8. The molecule has 3 atom stereocenters. The fourth-order valence-electron chi connectivity index (χ4n) is 4.62.